The van der Waals surface area contributed by atoms with Crippen LogP contribution in [0.2, 0.25) is 0 Å². The average Bonchev–Trinajstić information content (AvgIpc) is 2.71. The molecule has 0 spiro atoms. The molecule has 0 unspecified atom stereocenters. The first-order valence-corrected chi connectivity index (χ1v) is 9.56. The van der Waals surface area contributed by atoms with Gasteiger partial charge in [-0.3, -0.25) is 9.78 Å². The van der Waals surface area contributed by atoms with E-state index in [0.29, 0.717) is 19.8 Å². The number of ether oxygens (including phenoxy) is 2. The molecule has 0 bridgehead atoms. The van der Waals surface area contributed by atoms with E-state index in [4.69, 9.17) is 9.47 Å². The van der Waals surface area contributed by atoms with Crippen molar-refractivity contribution >= 4 is 16.8 Å². The molecular formula is C21H26N2O3. The summed E-state index contributed by atoms with van der Waals surface area (Å²) in [6, 6.07) is 9.67. The van der Waals surface area contributed by atoms with Gasteiger partial charge in [-0.15, -0.1) is 0 Å². The molecule has 0 N–H and O–H groups in total. The number of carbonyl (C=O) groups excluding carboxylic acids is 1. The van der Waals surface area contributed by atoms with Crippen LogP contribution in [-0.2, 0) is 9.47 Å². The second-order valence-corrected chi connectivity index (χ2v) is 7.35. The zero-order valence-electron chi connectivity index (χ0n) is 15.3. The Morgan fingerprint density at radius 2 is 2.27 bits per heavy atom. The van der Waals surface area contributed by atoms with Gasteiger partial charge >= 0.3 is 0 Å². The third kappa shape index (κ3) is 3.10. The molecule has 1 amide bonds. The van der Waals surface area contributed by atoms with E-state index < -0.39 is 0 Å². The molecule has 5 nitrogen and oxygen atoms in total. The number of carbonyl (C=O) groups is 1. The lowest BCUT2D eigenvalue weighted by Crippen LogP contribution is -2.58. The molecule has 0 saturated carbocycles. The first-order valence-electron chi connectivity index (χ1n) is 9.56. The van der Waals surface area contributed by atoms with Crippen molar-refractivity contribution in [3.63, 3.8) is 0 Å². The van der Waals surface area contributed by atoms with Crippen LogP contribution in [0.1, 0.15) is 36.5 Å². The van der Waals surface area contributed by atoms with E-state index >= 15 is 0 Å². The topological polar surface area (TPSA) is 51.7 Å². The predicted octanol–water partition coefficient (Wildman–Crippen LogP) is 3.28. The van der Waals surface area contributed by atoms with Gasteiger partial charge in [-0.05, 0) is 38.3 Å². The summed E-state index contributed by atoms with van der Waals surface area (Å²) in [5, 5.41) is 0.917. The van der Waals surface area contributed by atoms with Crippen LogP contribution in [0.4, 0.5) is 0 Å². The van der Waals surface area contributed by atoms with Gasteiger partial charge in [0.25, 0.3) is 5.91 Å². The Balaban J connectivity index is 1.62. The Bertz CT molecular complexity index is 788. The van der Waals surface area contributed by atoms with Crippen molar-refractivity contribution in [2.75, 3.05) is 32.9 Å². The van der Waals surface area contributed by atoms with Gasteiger partial charge in [0.15, 0.2) is 0 Å². The molecule has 2 saturated heterocycles. The molecule has 1 aromatic carbocycles. The maximum absolute atomic E-state index is 13.3. The van der Waals surface area contributed by atoms with Gasteiger partial charge in [-0.1, -0.05) is 18.2 Å². The van der Waals surface area contributed by atoms with Crippen LogP contribution in [0.25, 0.3) is 10.9 Å². The Morgan fingerprint density at radius 3 is 3.15 bits per heavy atom. The number of nitrogens with zero attached hydrogens (tertiary/aromatic N) is 2. The number of pyridine rings is 1. The molecule has 2 atom stereocenters. The van der Waals surface area contributed by atoms with Crippen LogP contribution in [0.15, 0.2) is 36.5 Å². The molecule has 26 heavy (non-hydrogen) atoms. The van der Waals surface area contributed by atoms with E-state index in [1.807, 2.05) is 42.2 Å². The lowest BCUT2D eigenvalue weighted by molar-refractivity contribution is -0.146. The number of hydrogen-bond acceptors (Lipinski definition) is 4. The summed E-state index contributed by atoms with van der Waals surface area (Å²) >= 11 is 0. The molecule has 1 aromatic heterocycles. The maximum atomic E-state index is 13.3. The molecule has 5 heteroatoms. The highest BCUT2D eigenvalue weighted by atomic mass is 16.5. The van der Waals surface area contributed by atoms with Crippen LogP contribution in [0, 0.1) is 5.41 Å². The number of benzene rings is 1. The van der Waals surface area contributed by atoms with Gasteiger partial charge in [0.05, 0.1) is 23.8 Å². The van der Waals surface area contributed by atoms with Crippen molar-refractivity contribution < 1.29 is 14.3 Å². The highest BCUT2D eigenvalue weighted by Crippen LogP contribution is 2.41. The summed E-state index contributed by atoms with van der Waals surface area (Å²) in [5.74, 6) is 0.0866. The number of piperidine rings is 1. The SMILES string of the molecule is CCOC[C@@]12CCCO[C@@H]1CCN(C(=O)c1ccnc3ccccc13)C2. The molecule has 3 heterocycles. The Hall–Kier alpha value is -1.98. The molecule has 0 radical (unpaired) electrons. The van der Waals surface area contributed by atoms with Gasteiger partial charge in [0, 0.05) is 43.3 Å². The van der Waals surface area contributed by atoms with E-state index in [0.717, 1.165) is 48.9 Å². The van der Waals surface area contributed by atoms with Crippen LogP contribution in [-0.4, -0.2) is 54.8 Å². The summed E-state index contributed by atoms with van der Waals surface area (Å²) in [4.78, 5) is 19.7. The smallest absolute Gasteiger partial charge is 0.254 e. The quantitative estimate of drug-likeness (QED) is 0.845. The van der Waals surface area contributed by atoms with Crippen LogP contribution in [0.3, 0.4) is 0 Å². The first-order chi connectivity index (χ1) is 12.7. The van der Waals surface area contributed by atoms with E-state index in [-0.39, 0.29) is 17.4 Å². The van der Waals surface area contributed by atoms with E-state index in [9.17, 15) is 4.79 Å². The molecule has 4 rings (SSSR count). The molecule has 138 valence electrons. The highest BCUT2D eigenvalue weighted by molar-refractivity contribution is 6.06. The van der Waals surface area contributed by atoms with Gasteiger partial charge in [-0.25, -0.2) is 0 Å². The fourth-order valence-corrected chi connectivity index (χ4v) is 4.43. The minimum absolute atomic E-state index is 0.0784. The van der Waals surface area contributed by atoms with E-state index in [2.05, 4.69) is 4.98 Å². The number of aromatic nitrogens is 1. The average molecular weight is 354 g/mol. The maximum Gasteiger partial charge on any atom is 0.254 e. The summed E-state index contributed by atoms with van der Waals surface area (Å²) in [5.41, 5.74) is 1.51. The standard InChI is InChI=1S/C21H26N2O3/c1-2-25-15-21-10-5-13-26-19(21)9-12-23(14-21)20(24)17-8-11-22-18-7-4-3-6-16(17)18/h3-4,6-8,11,19H,2,5,9-10,12-15H2,1H3/t19-,21+/m1/s1. The highest BCUT2D eigenvalue weighted by Gasteiger charge is 2.47. The Kier molecular flexibility index (Phi) is 4.92. The van der Waals surface area contributed by atoms with Gasteiger partial charge in [0.1, 0.15) is 0 Å². The second kappa shape index (κ2) is 7.33. The monoisotopic (exact) mass is 354 g/mol. The van der Waals surface area contributed by atoms with Crippen molar-refractivity contribution in [3.05, 3.63) is 42.1 Å². The summed E-state index contributed by atoms with van der Waals surface area (Å²) in [6.07, 6.45) is 4.88. The second-order valence-electron chi connectivity index (χ2n) is 7.35. The number of para-hydroxylation sites is 1. The number of likely N-dealkylation sites (tertiary alicyclic amines) is 1. The van der Waals surface area contributed by atoms with Crippen molar-refractivity contribution in [1.82, 2.24) is 9.88 Å². The Labute approximate surface area is 154 Å². The summed E-state index contributed by atoms with van der Waals surface area (Å²) in [7, 11) is 0. The number of amides is 1. The third-order valence-corrected chi connectivity index (χ3v) is 5.75. The Morgan fingerprint density at radius 1 is 1.38 bits per heavy atom. The van der Waals surface area contributed by atoms with E-state index in [1.54, 1.807) is 6.20 Å². The third-order valence-electron chi connectivity index (χ3n) is 5.75. The van der Waals surface area contributed by atoms with Crippen LogP contribution >= 0.6 is 0 Å². The molecule has 2 aliphatic rings. The number of fused-ring (bicyclic) bond motifs is 2. The predicted molar refractivity (Wildman–Crippen MR) is 100 cm³/mol. The van der Waals surface area contributed by atoms with E-state index in [1.165, 1.54) is 0 Å². The lowest BCUT2D eigenvalue weighted by Gasteiger charge is -2.50. The molecule has 0 aliphatic carbocycles. The van der Waals surface area contributed by atoms with Crippen molar-refractivity contribution in [2.45, 2.75) is 32.3 Å². The fourth-order valence-electron chi connectivity index (χ4n) is 4.43. The molecule has 2 aromatic rings. The summed E-state index contributed by atoms with van der Waals surface area (Å²) in [6.45, 7) is 5.62. The van der Waals surface area contributed by atoms with Gasteiger partial charge in [-0.2, -0.15) is 0 Å². The minimum Gasteiger partial charge on any atom is -0.381 e. The number of hydrogen-bond donors (Lipinski definition) is 0. The zero-order chi connectivity index (χ0) is 18.0. The normalized spacial score (nSPS) is 25.9. The summed E-state index contributed by atoms with van der Waals surface area (Å²) < 4.78 is 11.9. The molecule has 2 fully saturated rings. The van der Waals surface area contributed by atoms with Crippen LogP contribution in [0.5, 0.6) is 0 Å². The fraction of sp³-hybridized carbons (Fsp3) is 0.524. The first kappa shape index (κ1) is 17.4. The van der Waals surface area contributed by atoms with Crippen molar-refractivity contribution in [2.24, 2.45) is 5.41 Å². The zero-order valence-corrected chi connectivity index (χ0v) is 15.3. The van der Waals surface area contributed by atoms with Crippen molar-refractivity contribution in [1.29, 1.82) is 0 Å². The van der Waals surface area contributed by atoms with Crippen molar-refractivity contribution in [3.8, 4) is 0 Å². The van der Waals surface area contributed by atoms with Crippen LogP contribution < -0.4 is 0 Å². The largest absolute Gasteiger partial charge is 0.381 e. The lowest BCUT2D eigenvalue weighted by atomic mass is 9.73. The molecule has 2 aliphatic heterocycles. The number of rotatable bonds is 4. The molecular weight excluding hydrogens is 328 g/mol. The minimum atomic E-state index is -0.0784. The van der Waals surface area contributed by atoms with Gasteiger partial charge < -0.3 is 14.4 Å². The van der Waals surface area contributed by atoms with Gasteiger partial charge in [0.2, 0.25) is 0 Å².